The van der Waals surface area contributed by atoms with Crippen molar-refractivity contribution >= 4 is 286 Å². The molecule has 2 amide bonds. The fourth-order valence-electron chi connectivity index (χ4n) is 9.87. The normalized spacial score (nSPS) is 12.8. The number of amides is 2. The lowest BCUT2D eigenvalue weighted by Crippen LogP contribution is -2.68. The second kappa shape index (κ2) is 47.9. The first-order valence-electron chi connectivity index (χ1n) is 31.7. The number of hydrogen-bond acceptors (Lipinski definition) is 14. The summed E-state index contributed by atoms with van der Waals surface area (Å²) >= 11 is 2.65. The predicted octanol–water partition coefficient (Wildman–Crippen LogP) is -3.78. The Kier molecular flexibility index (Phi) is 44.0. The van der Waals surface area contributed by atoms with Crippen LogP contribution >= 0.6 is 22.7 Å². The van der Waals surface area contributed by atoms with Crippen LogP contribution in [0.5, 0.6) is 0 Å². The molecule has 449 valence electrons. The Hall–Kier alpha value is -4.06. The number of benzene rings is 2. The van der Waals surface area contributed by atoms with Crippen molar-refractivity contribution in [1.82, 2.24) is 10.6 Å². The van der Waals surface area contributed by atoms with Gasteiger partial charge in [-0.05, 0) is 119 Å². The summed E-state index contributed by atoms with van der Waals surface area (Å²) < 4.78 is 26.1. The summed E-state index contributed by atoms with van der Waals surface area (Å²) in [5, 5.41) is 14.6. The molecule has 0 spiro atoms. The van der Waals surface area contributed by atoms with Crippen LogP contribution in [0, 0.1) is 37.5 Å². The Balaban J connectivity index is 0.000000494. The zero-order valence-electron chi connectivity index (χ0n) is 56.0. The molecule has 0 aliphatic carbocycles. The number of carboxylic acid groups (broad SMARTS) is 1. The lowest BCUT2D eigenvalue weighted by atomic mass is 8.52. The topological polar surface area (TPSA) is 210 Å². The number of thiophene rings is 2. The Morgan fingerprint density at radius 2 is 1.04 bits per heavy atom. The van der Waals surface area contributed by atoms with Crippen molar-refractivity contribution in [3.8, 4) is 0 Å². The Morgan fingerprint density at radius 1 is 0.608 bits per heavy atom. The van der Waals surface area contributed by atoms with E-state index in [4.69, 9.17) is 153 Å². The van der Waals surface area contributed by atoms with Gasteiger partial charge in [0.05, 0.1) is 19.8 Å². The van der Waals surface area contributed by atoms with Gasteiger partial charge >= 0.3 is 35.9 Å². The molecule has 1 saturated heterocycles. The Labute approximate surface area is 612 Å². The number of hydrogen-bond donors (Lipinski definition) is 3. The van der Waals surface area contributed by atoms with Gasteiger partial charge in [-0.2, -0.15) is 0 Å². The summed E-state index contributed by atoms with van der Waals surface area (Å²) in [6, 6.07) is 22.3. The maximum absolute atomic E-state index is 12.7. The molecule has 0 bridgehead atoms. The van der Waals surface area contributed by atoms with Crippen LogP contribution in [0.1, 0.15) is 97.8 Å². The van der Waals surface area contributed by atoms with Gasteiger partial charge in [-0.1, -0.05) is 60.7 Å². The van der Waals surface area contributed by atoms with Crippen molar-refractivity contribution in [2.24, 2.45) is 23.7 Å². The number of piperidine rings is 1. The fraction of sp³-hybridized carbons (Fsp3) is 0.449. The number of esters is 4. The van der Waals surface area contributed by atoms with Crippen molar-refractivity contribution in [3.63, 3.8) is 0 Å². The Morgan fingerprint density at radius 3 is 1.47 bits per heavy atom. The Bertz CT molecular complexity index is 2930. The molecule has 1 aliphatic heterocycles. The summed E-state index contributed by atoms with van der Waals surface area (Å²) in [4.78, 5) is 88.0. The second-order valence-corrected chi connectivity index (χ2v) is 25.4. The van der Waals surface area contributed by atoms with Crippen LogP contribution < -0.4 is 10.6 Å². The molecule has 3 N–H and O–H groups in total. The number of rotatable bonds is 35. The SMILES string of the molecule is CCOC(=O)C(C[C@H](CCc1sc(C(=O)OCc2ccccc2)cc1C)CNC(=O)OCc1ccccc1)C(=O)OCC.CCOC(=O)C1C[C@H](CCc2sc(C(=O)O)cc2C)CNC1=O.[B]B([B])B([B]B(B([B])[B])B([B])[B])B([B])[B].[B][B]B([B])B([B]B(B([B])[B])B([B])[B])B([B])[B]. The highest BCUT2D eigenvalue weighted by molar-refractivity contribution is 8.07. The number of carbonyl (C=O) groups is 7. The standard InChI is InChI=1S/C33H39NO8S.C16H21NO5S.B16.B15/c1-4-39-30(35)27(31(36)40-5-2)19-26(20-34-33(38)42-22-25-14-10-7-11-15-25)16-17-28-23(3)18-29(43-28)32(37)41-21-24-12-8-6-9-13-24;1-3-22-16(21)11-7-10(8-17-14(11)18)4-5-12-9(2)6-13(23-12)15(19)20;1-9-14(8)16(13(6)7)10-15(11(2)3)12(4)5;1-10(2)14(11(3)4)9-15(12(5)6)13(7)8/h6-15,18,26-27H,4-5,16-17,19-22H2,1-3H3,(H,34,38);6,10-11H,3-5,7-8H2,1-2H3,(H,17,18)(H,19,20);;/t26-;10-,11?;;/m00../s1. The molecule has 15 nitrogen and oxygen atoms in total. The van der Waals surface area contributed by atoms with Crippen LogP contribution in [0.25, 0.3) is 0 Å². The summed E-state index contributed by atoms with van der Waals surface area (Å²) in [5.74, 6) is -5.30. The van der Waals surface area contributed by atoms with Crippen LogP contribution in [-0.2, 0) is 68.9 Å². The van der Waals surface area contributed by atoms with Gasteiger partial charge in [0, 0.05) is 244 Å². The third-order valence-corrected chi connectivity index (χ3v) is 17.9. The molecule has 1 fully saturated rings. The van der Waals surface area contributed by atoms with E-state index in [9.17, 15) is 33.6 Å². The minimum atomic E-state index is -1.13. The molecule has 4 aromatic rings. The number of alkyl carbamates (subject to hydrolysis) is 1. The second-order valence-electron chi connectivity index (χ2n) is 23.1. The summed E-state index contributed by atoms with van der Waals surface area (Å²) in [6.07, 6.45) is -4.49. The number of ether oxygens (including phenoxy) is 5. The molecular weight excluding hydrogens is 1220 g/mol. The first kappa shape index (κ1) is 89.0. The monoisotopic (exact) mass is 1290 g/mol. The van der Waals surface area contributed by atoms with Crippen molar-refractivity contribution in [2.75, 3.05) is 32.9 Å². The lowest BCUT2D eigenvalue weighted by molar-refractivity contribution is -0.162. The van der Waals surface area contributed by atoms with Gasteiger partial charge in [0.2, 0.25) is 5.91 Å². The maximum Gasteiger partial charge on any atom is 0.407 e. The third-order valence-electron chi connectivity index (χ3n) is 15.4. The third kappa shape index (κ3) is 33.5. The molecule has 2 aromatic heterocycles. The first-order chi connectivity index (χ1) is 45.8. The van der Waals surface area contributed by atoms with Crippen LogP contribution in [-0.4, -0.2) is 301 Å². The molecule has 3 atom stereocenters. The van der Waals surface area contributed by atoms with Crippen molar-refractivity contribution in [1.29, 1.82) is 0 Å². The molecular formula is C49H60B31N2O13S2. The predicted molar refractivity (Wildman–Crippen MR) is 426 cm³/mol. The molecule has 48 heteroatoms. The van der Waals surface area contributed by atoms with E-state index >= 15 is 0 Å². The highest BCUT2D eigenvalue weighted by Crippen LogP contribution is 2.30. The van der Waals surface area contributed by atoms with E-state index in [-0.39, 0.29) is 70.1 Å². The highest BCUT2D eigenvalue weighted by atomic mass is 32.1. The summed E-state index contributed by atoms with van der Waals surface area (Å²) in [5.41, 5.74) is 3.68. The highest BCUT2D eigenvalue weighted by Gasteiger charge is 2.37. The summed E-state index contributed by atoms with van der Waals surface area (Å²) in [6.45, 7) is 10.4. The van der Waals surface area contributed by atoms with Gasteiger partial charge in [-0.3, -0.25) is 19.2 Å². The average Bonchev–Trinajstić information content (AvgIpc) is 1.78. The van der Waals surface area contributed by atoms with E-state index in [1.54, 1.807) is 41.0 Å². The number of aryl methyl sites for hydroxylation is 4. The average molecular weight is 1280 g/mol. The number of carboxylic acids is 1. The number of nitrogens with one attached hydrogen (secondary N) is 2. The molecule has 5 rings (SSSR count). The van der Waals surface area contributed by atoms with Crippen molar-refractivity contribution in [2.45, 2.75) is 86.4 Å². The molecule has 1 aliphatic rings. The molecule has 1 unspecified atom stereocenters. The summed E-state index contributed by atoms with van der Waals surface area (Å²) in [7, 11) is 93.1. The lowest BCUT2D eigenvalue weighted by Gasteiger charge is -2.30. The zero-order valence-corrected chi connectivity index (χ0v) is 57.6. The maximum atomic E-state index is 12.7. The number of aromatic carboxylic acids is 1. The van der Waals surface area contributed by atoms with E-state index in [0.29, 0.717) is 35.6 Å². The zero-order chi connectivity index (χ0) is 73.1. The molecule has 2 aromatic carbocycles. The van der Waals surface area contributed by atoms with Gasteiger partial charge < -0.3 is 39.4 Å². The number of carbonyl (C=O) groups excluding carboxylic acids is 6. The van der Waals surface area contributed by atoms with Gasteiger partial charge in [0.25, 0.3) is 0 Å². The first-order valence-corrected chi connectivity index (χ1v) is 33.4. The van der Waals surface area contributed by atoms with E-state index in [0.717, 1.165) is 44.8 Å². The van der Waals surface area contributed by atoms with Gasteiger partial charge in [-0.15, -0.1) is 22.7 Å². The van der Waals surface area contributed by atoms with Crippen LogP contribution in [0.3, 0.4) is 0 Å². The largest absolute Gasteiger partial charge is 0.477 e. The minimum absolute atomic E-state index is 0.114. The van der Waals surface area contributed by atoms with Crippen LogP contribution in [0.4, 0.5) is 4.79 Å². The molecule has 3 heterocycles. The van der Waals surface area contributed by atoms with Crippen LogP contribution in [0.15, 0.2) is 72.8 Å². The van der Waals surface area contributed by atoms with E-state index in [1.807, 2.05) is 80.6 Å². The smallest absolute Gasteiger partial charge is 0.407 e. The van der Waals surface area contributed by atoms with Crippen molar-refractivity contribution in [3.05, 3.63) is 115 Å². The van der Waals surface area contributed by atoms with E-state index in [1.165, 1.54) is 29.7 Å². The van der Waals surface area contributed by atoms with Crippen LogP contribution in [0.2, 0.25) is 0 Å². The van der Waals surface area contributed by atoms with E-state index < -0.39 is 118 Å². The van der Waals surface area contributed by atoms with Gasteiger partial charge in [-0.25, -0.2) is 14.4 Å². The molecule has 0 saturated carbocycles. The minimum Gasteiger partial charge on any atom is -0.477 e. The van der Waals surface area contributed by atoms with Crippen molar-refractivity contribution < 1.29 is 62.4 Å². The molecule has 35 radical (unpaired) electrons. The quantitative estimate of drug-likeness (QED) is 0.0175. The molecule has 97 heavy (non-hydrogen) atoms. The van der Waals surface area contributed by atoms with Gasteiger partial charge in [0.1, 0.15) is 28.9 Å². The fourth-order valence-corrected chi connectivity index (χ4v) is 12.0. The van der Waals surface area contributed by atoms with E-state index in [2.05, 4.69) is 10.6 Å². The van der Waals surface area contributed by atoms with Gasteiger partial charge in [0.15, 0.2) is 5.92 Å².